The van der Waals surface area contributed by atoms with Gasteiger partial charge in [-0.1, -0.05) is 6.08 Å². The molecule has 0 aliphatic carbocycles. The first-order valence-electron chi connectivity index (χ1n) is 5.90. The molecule has 2 rings (SSSR count). The molecule has 106 valence electrons. The molecule has 0 bridgehead atoms. The number of H-pyrrole nitrogens is 1. The summed E-state index contributed by atoms with van der Waals surface area (Å²) in [5.41, 5.74) is 0. The zero-order valence-corrected chi connectivity index (χ0v) is 11.6. The van der Waals surface area contributed by atoms with Gasteiger partial charge in [-0.25, -0.2) is 8.78 Å². The molecular formula is C13H13F2N3OS. The number of nitrogens with zero attached hydrogens (tertiary/aromatic N) is 2. The van der Waals surface area contributed by atoms with Crippen LogP contribution in [-0.2, 0) is 6.54 Å². The van der Waals surface area contributed by atoms with Crippen LogP contribution in [0.15, 0.2) is 30.9 Å². The van der Waals surface area contributed by atoms with Gasteiger partial charge < -0.3 is 4.74 Å². The lowest BCUT2D eigenvalue weighted by Crippen LogP contribution is -2.12. The number of hydrogen-bond donors (Lipinski definition) is 1. The molecule has 1 atom stereocenters. The largest absolute Gasteiger partial charge is 0.480 e. The van der Waals surface area contributed by atoms with E-state index in [1.165, 1.54) is 6.07 Å². The lowest BCUT2D eigenvalue weighted by atomic mass is 10.3. The van der Waals surface area contributed by atoms with E-state index in [0.29, 0.717) is 17.1 Å². The number of ether oxygens (including phenoxy) is 1. The third-order valence-electron chi connectivity index (χ3n) is 2.66. The molecule has 1 unspecified atom stereocenters. The Hall–Kier alpha value is -2.02. The van der Waals surface area contributed by atoms with Gasteiger partial charge in [0.25, 0.3) is 0 Å². The number of nitrogens with one attached hydrogen (secondary N) is 1. The van der Waals surface area contributed by atoms with Gasteiger partial charge in [-0.15, -0.1) is 6.58 Å². The molecular weight excluding hydrogens is 284 g/mol. The van der Waals surface area contributed by atoms with Gasteiger partial charge in [0.2, 0.25) is 0 Å². The maximum absolute atomic E-state index is 13.5. The molecule has 1 heterocycles. The van der Waals surface area contributed by atoms with E-state index < -0.39 is 17.7 Å². The summed E-state index contributed by atoms with van der Waals surface area (Å²) in [6.45, 7) is 5.80. The number of halogens is 2. The molecule has 0 spiro atoms. The van der Waals surface area contributed by atoms with Gasteiger partial charge in [-0.3, -0.25) is 9.67 Å². The van der Waals surface area contributed by atoms with E-state index in [1.807, 2.05) is 0 Å². The lowest BCUT2D eigenvalue weighted by molar-refractivity contribution is 0.201. The van der Waals surface area contributed by atoms with Crippen LogP contribution in [0, 0.1) is 16.4 Å². The smallest absolute Gasteiger partial charge is 0.195 e. The standard InChI is InChI=1S/C13H13F2N3OS/c1-3-6-18-12(16-17-13(18)20)8(2)19-11-5-4-9(14)7-10(11)15/h3-5,7-8H,1,6H2,2H3,(H,17,20). The summed E-state index contributed by atoms with van der Waals surface area (Å²) in [7, 11) is 0. The molecule has 20 heavy (non-hydrogen) atoms. The number of rotatable bonds is 5. The fourth-order valence-corrected chi connectivity index (χ4v) is 1.97. The van der Waals surface area contributed by atoms with Crippen molar-refractivity contribution < 1.29 is 13.5 Å². The molecule has 4 nitrogen and oxygen atoms in total. The second kappa shape index (κ2) is 5.96. The van der Waals surface area contributed by atoms with E-state index in [0.717, 1.165) is 12.1 Å². The molecule has 0 fully saturated rings. The zero-order chi connectivity index (χ0) is 14.7. The van der Waals surface area contributed by atoms with Gasteiger partial charge in [0.15, 0.2) is 28.3 Å². The highest BCUT2D eigenvalue weighted by molar-refractivity contribution is 7.71. The van der Waals surface area contributed by atoms with E-state index in [4.69, 9.17) is 17.0 Å². The van der Waals surface area contributed by atoms with Crippen LogP contribution in [0.3, 0.4) is 0 Å². The fourth-order valence-electron chi connectivity index (χ4n) is 1.76. The van der Waals surface area contributed by atoms with Crippen molar-refractivity contribution in [1.82, 2.24) is 14.8 Å². The van der Waals surface area contributed by atoms with Crippen molar-refractivity contribution in [2.75, 3.05) is 0 Å². The molecule has 0 radical (unpaired) electrons. The van der Waals surface area contributed by atoms with Crippen LogP contribution in [0.4, 0.5) is 8.78 Å². The van der Waals surface area contributed by atoms with Gasteiger partial charge in [-0.05, 0) is 31.3 Å². The Morgan fingerprint density at radius 2 is 2.30 bits per heavy atom. The van der Waals surface area contributed by atoms with E-state index in [-0.39, 0.29) is 5.75 Å². The highest BCUT2D eigenvalue weighted by atomic mass is 32.1. The number of aromatic nitrogens is 3. The van der Waals surface area contributed by atoms with Crippen LogP contribution in [0.1, 0.15) is 18.9 Å². The number of benzene rings is 1. The fraction of sp³-hybridized carbons (Fsp3) is 0.231. The second-order valence-corrected chi connectivity index (χ2v) is 4.51. The average Bonchev–Trinajstić information content (AvgIpc) is 2.75. The first-order valence-corrected chi connectivity index (χ1v) is 6.31. The minimum absolute atomic E-state index is 0.0435. The minimum atomic E-state index is -0.763. The second-order valence-electron chi connectivity index (χ2n) is 4.12. The van der Waals surface area contributed by atoms with Crippen molar-refractivity contribution in [3.8, 4) is 5.75 Å². The van der Waals surface area contributed by atoms with Crippen molar-refractivity contribution in [2.45, 2.75) is 19.6 Å². The molecule has 1 aromatic carbocycles. The molecule has 0 amide bonds. The van der Waals surface area contributed by atoms with Gasteiger partial charge >= 0.3 is 0 Å². The van der Waals surface area contributed by atoms with E-state index in [1.54, 1.807) is 17.6 Å². The van der Waals surface area contributed by atoms with Crippen molar-refractivity contribution in [3.05, 3.63) is 53.1 Å². The number of aromatic amines is 1. The summed E-state index contributed by atoms with van der Waals surface area (Å²) in [5.74, 6) is -0.949. The predicted octanol–water partition coefficient (Wildman–Crippen LogP) is 3.54. The molecule has 0 saturated carbocycles. The Morgan fingerprint density at radius 3 is 2.95 bits per heavy atom. The van der Waals surface area contributed by atoms with Crippen LogP contribution in [-0.4, -0.2) is 14.8 Å². The quantitative estimate of drug-likeness (QED) is 0.678. The maximum Gasteiger partial charge on any atom is 0.195 e. The Bertz CT molecular complexity index is 680. The molecule has 0 aliphatic rings. The van der Waals surface area contributed by atoms with Gasteiger partial charge in [0, 0.05) is 12.6 Å². The zero-order valence-electron chi connectivity index (χ0n) is 10.8. The van der Waals surface area contributed by atoms with E-state index >= 15 is 0 Å². The van der Waals surface area contributed by atoms with Crippen LogP contribution >= 0.6 is 12.2 Å². The van der Waals surface area contributed by atoms with Crippen LogP contribution < -0.4 is 4.74 Å². The number of allylic oxidation sites excluding steroid dienone is 1. The van der Waals surface area contributed by atoms with Gasteiger partial charge in [-0.2, -0.15) is 5.10 Å². The summed E-state index contributed by atoms with van der Waals surface area (Å²) >= 11 is 5.08. The monoisotopic (exact) mass is 297 g/mol. The van der Waals surface area contributed by atoms with Crippen molar-refractivity contribution in [1.29, 1.82) is 0 Å². The van der Waals surface area contributed by atoms with Gasteiger partial charge in [0.05, 0.1) is 0 Å². The number of hydrogen-bond acceptors (Lipinski definition) is 3. The summed E-state index contributed by atoms with van der Waals surface area (Å²) in [6.07, 6.45) is 1.11. The highest BCUT2D eigenvalue weighted by Gasteiger charge is 2.17. The normalized spacial score (nSPS) is 12.2. The Morgan fingerprint density at radius 1 is 1.55 bits per heavy atom. The lowest BCUT2D eigenvalue weighted by Gasteiger charge is -2.15. The summed E-state index contributed by atoms with van der Waals surface area (Å²) in [6, 6.07) is 3.13. The molecule has 1 N–H and O–H groups in total. The van der Waals surface area contributed by atoms with Crippen molar-refractivity contribution in [3.63, 3.8) is 0 Å². The molecule has 0 saturated heterocycles. The van der Waals surface area contributed by atoms with Crippen molar-refractivity contribution >= 4 is 12.2 Å². The molecule has 1 aromatic heterocycles. The first-order chi connectivity index (χ1) is 9.52. The first kappa shape index (κ1) is 14.4. The van der Waals surface area contributed by atoms with Crippen LogP contribution in [0.25, 0.3) is 0 Å². The Labute approximate surface area is 119 Å². The Balaban J connectivity index is 2.26. The van der Waals surface area contributed by atoms with E-state index in [2.05, 4.69) is 16.8 Å². The summed E-state index contributed by atoms with van der Waals surface area (Å²) < 4.78 is 34.0. The Kier molecular flexibility index (Phi) is 4.29. The average molecular weight is 297 g/mol. The highest BCUT2D eigenvalue weighted by Crippen LogP contribution is 2.24. The molecule has 2 aromatic rings. The summed E-state index contributed by atoms with van der Waals surface area (Å²) in [5, 5.41) is 6.70. The molecule has 0 aliphatic heterocycles. The molecule has 7 heteroatoms. The third kappa shape index (κ3) is 2.93. The SMILES string of the molecule is C=CCn1c(C(C)Oc2ccc(F)cc2F)n[nH]c1=S. The maximum atomic E-state index is 13.5. The van der Waals surface area contributed by atoms with E-state index in [9.17, 15) is 8.78 Å². The van der Waals surface area contributed by atoms with Crippen molar-refractivity contribution in [2.24, 2.45) is 0 Å². The van der Waals surface area contributed by atoms with Gasteiger partial charge in [0.1, 0.15) is 5.82 Å². The minimum Gasteiger partial charge on any atom is -0.480 e. The third-order valence-corrected chi connectivity index (χ3v) is 2.97. The topological polar surface area (TPSA) is 42.8 Å². The summed E-state index contributed by atoms with van der Waals surface area (Å²) in [4.78, 5) is 0. The predicted molar refractivity (Wildman–Crippen MR) is 73.0 cm³/mol. The van der Waals surface area contributed by atoms with Crippen LogP contribution in [0.5, 0.6) is 5.75 Å². The van der Waals surface area contributed by atoms with Crippen LogP contribution in [0.2, 0.25) is 0 Å².